The molecule has 0 aromatic heterocycles. The van der Waals surface area contributed by atoms with Crippen molar-refractivity contribution in [1.29, 1.82) is 5.41 Å². The fourth-order valence-electron chi connectivity index (χ4n) is 3.11. The molecule has 8 heteroatoms. The summed E-state index contributed by atoms with van der Waals surface area (Å²) in [6.45, 7) is 0.637. The first-order valence-electron chi connectivity index (χ1n) is 7.36. The highest BCUT2D eigenvalue weighted by Gasteiger charge is 2.47. The number of rotatable bonds is 5. The second kappa shape index (κ2) is 6.24. The molecule has 0 saturated carbocycles. The summed E-state index contributed by atoms with van der Waals surface area (Å²) in [5, 5.41) is 8.58. The second-order valence-electron chi connectivity index (χ2n) is 5.74. The third-order valence-electron chi connectivity index (χ3n) is 4.29. The van der Waals surface area contributed by atoms with Gasteiger partial charge < -0.3 is 14.4 Å². The van der Waals surface area contributed by atoms with E-state index in [1.54, 1.807) is 14.2 Å². The summed E-state index contributed by atoms with van der Waals surface area (Å²) in [6, 6.07) is 5.70. The van der Waals surface area contributed by atoms with Crippen LogP contribution in [0.4, 0.5) is 0 Å². The zero-order valence-corrected chi connectivity index (χ0v) is 14.7. The van der Waals surface area contributed by atoms with Crippen molar-refractivity contribution < 1.29 is 17.9 Å². The minimum atomic E-state index is -2.96. The lowest BCUT2D eigenvalue weighted by atomic mass is 10.1. The van der Waals surface area contributed by atoms with Crippen LogP contribution in [0.2, 0.25) is 0 Å². The molecule has 1 aromatic rings. The van der Waals surface area contributed by atoms with Crippen LogP contribution in [0.5, 0.6) is 11.5 Å². The summed E-state index contributed by atoms with van der Waals surface area (Å²) >= 11 is 1.38. The van der Waals surface area contributed by atoms with Crippen LogP contribution in [0, 0.1) is 5.41 Å². The van der Waals surface area contributed by atoms with E-state index in [0.29, 0.717) is 23.2 Å². The Hall–Kier alpha value is -1.41. The highest BCUT2D eigenvalue weighted by molar-refractivity contribution is 8.15. The average Bonchev–Trinajstić information content (AvgIpc) is 2.95. The Balaban J connectivity index is 1.69. The SMILES string of the molecule is COc1ccc(CCN2C(=N)S[C@@H]3CS(=O)(=O)C[C@@H]32)cc1OC. The van der Waals surface area contributed by atoms with E-state index in [4.69, 9.17) is 14.9 Å². The van der Waals surface area contributed by atoms with Gasteiger partial charge in [0, 0.05) is 11.8 Å². The zero-order valence-electron chi connectivity index (χ0n) is 13.1. The van der Waals surface area contributed by atoms with E-state index in [0.717, 1.165) is 12.0 Å². The summed E-state index contributed by atoms with van der Waals surface area (Å²) in [5.74, 6) is 1.72. The fourth-order valence-corrected chi connectivity index (χ4v) is 6.97. The number of thioether (sulfide) groups is 1. The smallest absolute Gasteiger partial charge is 0.160 e. The monoisotopic (exact) mass is 356 g/mol. The molecule has 0 bridgehead atoms. The standard InChI is InChI=1S/C15H20N2O4S2/c1-20-12-4-3-10(7-13(12)21-2)5-6-17-11-8-23(18,19)9-14(11)22-15(17)16/h3-4,7,11,14,16H,5-6,8-9H2,1-2H3/t11-,14+/m0/s1. The van der Waals surface area contributed by atoms with Gasteiger partial charge in [0.1, 0.15) is 0 Å². The molecule has 2 heterocycles. The first-order chi connectivity index (χ1) is 10.9. The lowest BCUT2D eigenvalue weighted by molar-refractivity contribution is 0.351. The Labute approximate surface area is 140 Å². The van der Waals surface area contributed by atoms with Crippen molar-refractivity contribution in [2.45, 2.75) is 17.7 Å². The molecule has 2 fully saturated rings. The number of benzene rings is 1. The molecule has 0 radical (unpaired) electrons. The van der Waals surface area contributed by atoms with Gasteiger partial charge in [0.25, 0.3) is 0 Å². The molecule has 2 atom stereocenters. The minimum absolute atomic E-state index is 0.0119. The molecule has 0 aliphatic carbocycles. The van der Waals surface area contributed by atoms with Gasteiger partial charge in [-0.15, -0.1) is 0 Å². The van der Waals surface area contributed by atoms with Crippen molar-refractivity contribution in [2.24, 2.45) is 0 Å². The Morgan fingerprint density at radius 3 is 2.70 bits per heavy atom. The summed E-state index contributed by atoms with van der Waals surface area (Å²) in [6.07, 6.45) is 0.729. The molecule has 3 rings (SSSR count). The molecule has 0 spiro atoms. The molecule has 126 valence electrons. The normalized spacial score (nSPS) is 25.5. The van der Waals surface area contributed by atoms with Gasteiger partial charge in [-0.25, -0.2) is 8.42 Å². The Morgan fingerprint density at radius 2 is 2.00 bits per heavy atom. The molecule has 6 nitrogen and oxygen atoms in total. The summed E-state index contributed by atoms with van der Waals surface area (Å²) in [5.41, 5.74) is 1.07. The molecule has 0 amide bonds. The van der Waals surface area contributed by atoms with E-state index >= 15 is 0 Å². The van der Waals surface area contributed by atoms with Crippen molar-refractivity contribution in [3.05, 3.63) is 23.8 Å². The average molecular weight is 356 g/mol. The van der Waals surface area contributed by atoms with Crippen LogP contribution >= 0.6 is 11.8 Å². The van der Waals surface area contributed by atoms with Crippen molar-refractivity contribution in [2.75, 3.05) is 32.3 Å². The lowest BCUT2D eigenvalue weighted by Gasteiger charge is -2.23. The van der Waals surface area contributed by atoms with Crippen LogP contribution in [-0.4, -0.2) is 62.0 Å². The number of fused-ring (bicyclic) bond motifs is 1. The summed E-state index contributed by atoms with van der Waals surface area (Å²) < 4.78 is 34.1. The maximum absolute atomic E-state index is 11.8. The lowest BCUT2D eigenvalue weighted by Crippen LogP contribution is -2.38. The van der Waals surface area contributed by atoms with Crippen LogP contribution in [0.15, 0.2) is 18.2 Å². The van der Waals surface area contributed by atoms with Crippen molar-refractivity contribution in [1.82, 2.24) is 4.90 Å². The molecule has 1 aromatic carbocycles. The van der Waals surface area contributed by atoms with Gasteiger partial charge in [-0.2, -0.15) is 0 Å². The van der Waals surface area contributed by atoms with Crippen LogP contribution in [0.1, 0.15) is 5.56 Å². The van der Waals surface area contributed by atoms with E-state index in [9.17, 15) is 8.42 Å². The number of ether oxygens (including phenoxy) is 2. The van der Waals surface area contributed by atoms with E-state index < -0.39 is 9.84 Å². The molecule has 2 aliphatic rings. The Bertz CT molecular complexity index is 720. The minimum Gasteiger partial charge on any atom is -0.493 e. The predicted molar refractivity (Wildman–Crippen MR) is 91.5 cm³/mol. The van der Waals surface area contributed by atoms with Crippen molar-refractivity contribution in [3.63, 3.8) is 0 Å². The number of methoxy groups -OCH3 is 2. The first kappa shape index (κ1) is 16.4. The Kier molecular flexibility index (Phi) is 4.46. The zero-order chi connectivity index (χ0) is 16.6. The third kappa shape index (κ3) is 3.28. The summed E-state index contributed by atoms with van der Waals surface area (Å²) in [7, 11) is 0.238. The summed E-state index contributed by atoms with van der Waals surface area (Å²) in [4.78, 5) is 1.93. The molecular formula is C15H20N2O4S2. The van der Waals surface area contributed by atoms with E-state index in [1.165, 1.54) is 11.8 Å². The molecule has 2 saturated heterocycles. The molecule has 23 heavy (non-hydrogen) atoms. The number of nitrogens with zero attached hydrogens (tertiary/aromatic N) is 1. The van der Waals surface area contributed by atoms with Gasteiger partial charge in [-0.1, -0.05) is 17.8 Å². The van der Waals surface area contributed by atoms with Crippen LogP contribution in [0.25, 0.3) is 0 Å². The largest absolute Gasteiger partial charge is 0.493 e. The maximum Gasteiger partial charge on any atom is 0.160 e. The topological polar surface area (TPSA) is 79.7 Å². The first-order valence-corrected chi connectivity index (χ1v) is 10.1. The van der Waals surface area contributed by atoms with Gasteiger partial charge in [0.05, 0.1) is 31.8 Å². The van der Waals surface area contributed by atoms with Crippen molar-refractivity contribution in [3.8, 4) is 11.5 Å². The number of sulfone groups is 1. The van der Waals surface area contributed by atoms with E-state index in [-0.39, 0.29) is 22.8 Å². The molecule has 1 N–H and O–H groups in total. The van der Waals surface area contributed by atoms with Crippen molar-refractivity contribution >= 4 is 26.8 Å². The maximum atomic E-state index is 11.8. The van der Waals surface area contributed by atoms with E-state index in [1.807, 2.05) is 23.1 Å². The van der Waals surface area contributed by atoms with Gasteiger partial charge in [-0.3, -0.25) is 5.41 Å². The number of nitrogens with one attached hydrogen (secondary N) is 1. The molecule has 2 aliphatic heterocycles. The predicted octanol–water partition coefficient (Wildman–Crippen LogP) is 1.40. The highest BCUT2D eigenvalue weighted by Crippen LogP contribution is 2.37. The fraction of sp³-hybridized carbons (Fsp3) is 0.533. The highest BCUT2D eigenvalue weighted by atomic mass is 32.2. The molecule has 0 unspecified atom stereocenters. The number of hydrogen-bond acceptors (Lipinski definition) is 6. The second-order valence-corrected chi connectivity index (χ2v) is 9.12. The molecular weight excluding hydrogens is 336 g/mol. The van der Waals surface area contributed by atoms with Gasteiger partial charge in [-0.05, 0) is 24.1 Å². The van der Waals surface area contributed by atoms with Gasteiger partial charge >= 0.3 is 0 Å². The van der Waals surface area contributed by atoms with Gasteiger partial charge in [0.15, 0.2) is 26.5 Å². The Morgan fingerprint density at radius 1 is 1.26 bits per heavy atom. The van der Waals surface area contributed by atoms with E-state index in [2.05, 4.69) is 0 Å². The quantitative estimate of drug-likeness (QED) is 0.859. The van der Waals surface area contributed by atoms with Crippen LogP contribution in [0.3, 0.4) is 0 Å². The van der Waals surface area contributed by atoms with Crippen LogP contribution < -0.4 is 9.47 Å². The third-order valence-corrected chi connectivity index (χ3v) is 7.45. The van der Waals surface area contributed by atoms with Crippen LogP contribution in [-0.2, 0) is 16.3 Å². The van der Waals surface area contributed by atoms with Gasteiger partial charge in [0.2, 0.25) is 0 Å². The number of amidine groups is 1. The number of hydrogen-bond donors (Lipinski definition) is 1.